The van der Waals surface area contributed by atoms with Gasteiger partial charge in [-0.15, -0.1) is 11.3 Å². The SMILES string of the molecule is Cn1cc(C(=O)C=Cc2sc3ccccc3c2Cl)cn1. The highest BCUT2D eigenvalue weighted by Crippen LogP contribution is 2.35. The summed E-state index contributed by atoms with van der Waals surface area (Å²) in [6.45, 7) is 0. The molecule has 20 heavy (non-hydrogen) atoms. The van der Waals surface area contributed by atoms with E-state index < -0.39 is 0 Å². The van der Waals surface area contributed by atoms with Gasteiger partial charge in [0.1, 0.15) is 0 Å². The number of thiophene rings is 1. The van der Waals surface area contributed by atoms with E-state index in [0.717, 1.165) is 15.0 Å². The summed E-state index contributed by atoms with van der Waals surface area (Å²) in [7, 11) is 1.78. The van der Waals surface area contributed by atoms with Crippen LogP contribution < -0.4 is 0 Å². The van der Waals surface area contributed by atoms with Crippen molar-refractivity contribution in [2.45, 2.75) is 0 Å². The molecular weight excluding hydrogens is 292 g/mol. The van der Waals surface area contributed by atoms with Gasteiger partial charge in [0.05, 0.1) is 16.8 Å². The van der Waals surface area contributed by atoms with Gasteiger partial charge in [0.25, 0.3) is 0 Å². The van der Waals surface area contributed by atoms with Gasteiger partial charge >= 0.3 is 0 Å². The lowest BCUT2D eigenvalue weighted by Crippen LogP contribution is -1.91. The second-order valence-corrected chi connectivity index (χ2v) is 5.84. The van der Waals surface area contributed by atoms with Crippen molar-refractivity contribution in [3.63, 3.8) is 0 Å². The van der Waals surface area contributed by atoms with Crippen LogP contribution >= 0.6 is 22.9 Å². The Balaban J connectivity index is 1.91. The molecule has 0 aliphatic rings. The standard InChI is InChI=1S/C15H11ClN2OS/c1-18-9-10(8-17-18)12(19)6-7-14-15(16)11-4-2-3-5-13(11)20-14/h2-9H,1H3. The summed E-state index contributed by atoms with van der Waals surface area (Å²) in [5.74, 6) is -0.0772. The molecule has 0 aliphatic carbocycles. The summed E-state index contributed by atoms with van der Waals surface area (Å²) in [4.78, 5) is 12.9. The maximum atomic E-state index is 12.0. The second kappa shape index (κ2) is 5.23. The van der Waals surface area contributed by atoms with Gasteiger partial charge in [-0.2, -0.15) is 5.10 Å². The number of fused-ring (bicyclic) bond motifs is 1. The molecule has 0 bridgehead atoms. The van der Waals surface area contributed by atoms with Gasteiger partial charge in [-0.3, -0.25) is 9.48 Å². The van der Waals surface area contributed by atoms with Gasteiger partial charge < -0.3 is 0 Å². The number of allylic oxidation sites excluding steroid dienone is 1. The van der Waals surface area contributed by atoms with E-state index in [1.807, 2.05) is 24.3 Å². The smallest absolute Gasteiger partial charge is 0.189 e. The first-order chi connectivity index (χ1) is 9.65. The fraction of sp³-hybridized carbons (Fsp3) is 0.0667. The molecule has 100 valence electrons. The quantitative estimate of drug-likeness (QED) is 0.537. The third-order valence-corrected chi connectivity index (χ3v) is 4.59. The van der Waals surface area contributed by atoms with Gasteiger partial charge in [-0.05, 0) is 18.2 Å². The highest BCUT2D eigenvalue weighted by molar-refractivity contribution is 7.20. The molecule has 3 nitrogen and oxygen atoms in total. The third kappa shape index (κ3) is 2.40. The van der Waals surface area contributed by atoms with Crippen LogP contribution in [0, 0.1) is 0 Å². The number of carbonyl (C=O) groups excluding carboxylic acids is 1. The van der Waals surface area contributed by atoms with E-state index in [2.05, 4.69) is 5.10 Å². The Morgan fingerprint density at radius 1 is 1.40 bits per heavy atom. The zero-order valence-corrected chi connectivity index (χ0v) is 12.3. The number of aryl methyl sites for hydroxylation is 1. The second-order valence-electron chi connectivity index (χ2n) is 4.38. The van der Waals surface area contributed by atoms with Crippen molar-refractivity contribution in [3.05, 3.63) is 58.2 Å². The minimum atomic E-state index is -0.0772. The molecule has 0 amide bonds. The Morgan fingerprint density at radius 3 is 2.90 bits per heavy atom. The van der Waals surface area contributed by atoms with Gasteiger partial charge in [0.15, 0.2) is 5.78 Å². The number of rotatable bonds is 3. The first kappa shape index (κ1) is 13.1. The summed E-state index contributed by atoms with van der Waals surface area (Å²) < 4.78 is 2.72. The van der Waals surface area contributed by atoms with Crippen LogP contribution in [0.1, 0.15) is 15.2 Å². The molecule has 0 aliphatic heterocycles. The molecule has 0 unspecified atom stereocenters. The highest BCUT2D eigenvalue weighted by atomic mass is 35.5. The molecule has 0 fully saturated rings. The van der Waals surface area contributed by atoms with E-state index in [1.165, 1.54) is 6.08 Å². The number of aromatic nitrogens is 2. The van der Waals surface area contributed by atoms with Gasteiger partial charge in [-0.1, -0.05) is 29.8 Å². The maximum absolute atomic E-state index is 12.0. The maximum Gasteiger partial charge on any atom is 0.189 e. The molecule has 1 aromatic carbocycles. The fourth-order valence-electron chi connectivity index (χ4n) is 1.94. The fourth-order valence-corrected chi connectivity index (χ4v) is 3.33. The lowest BCUT2D eigenvalue weighted by atomic mass is 10.2. The van der Waals surface area contributed by atoms with Crippen molar-refractivity contribution in [1.29, 1.82) is 0 Å². The Kier molecular flexibility index (Phi) is 3.42. The monoisotopic (exact) mass is 302 g/mol. The largest absolute Gasteiger partial charge is 0.289 e. The first-order valence-corrected chi connectivity index (χ1v) is 7.22. The number of hydrogen-bond acceptors (Lipinski definition) is 3. The molecule has 5 heteroatoms. The van der Waals surface area contributed by atoms with E-state index in [-0.39, 0.29) is 5.78 Å². The molecule has 0 atom stereocenters. The van der Waals surface area contributed by atoms with Gasteiger partial charge in [0.2, 0.25) is 0 Å². The molecule has 0 N–H and O–H groups in total. The lowest BCUT2D eigenvalue weighted by Gasteiger charge is -1.90. The average Bonchev–Trinajstić information content (AvgIpc) is 3.01. The zero-order chi connectivity index (χ0) is 14.1. The first-order valence-electron chi connectivity index (χ1n) is 6.03. The minimum absolute atomic E-state index is 0.0772. The number of halogens is 1. The van der Waals surface area contributed by atoms with E-state index in [9.17, 15) is 4.79 Å². The summed E-state index contributed by atoms with van der Waals surface area (Å²) in [6.07, 6.45) is 6.55. The number of hydrogen-bond donors (Lipinski definition) is 0. The Hall–Kier alpha value is -1.91. The lowest BCUT2D eigenvalue weighted by molar-refractivity contribution is 0.104. The van der Waals surface area contributed by atoms with Gasteiger partial charge in [0, 0.05) is 28.2 Å². The Bertz CT molecular complexity index is 816. The third-order valence-electron chi connectivity index (χ3n) is 2.94. The van der Waals surface area contributed by atoms with Crippen LogP contribution in [-0.2, 0) is 7.05 Å². The van der Waals surface area contributed by atoms with Crippen LogP contribution in [0.4, 0.5) is 0 Å². The predicted molar refractivity (Wildman–Crippen MR) is 83.4 cm³/mol. The highest BCUT2D eigenvalue weighted by Gasteiger charge is 2.08. The molecule has 0 spiro atoms. The van der Waals surface area contributed by atoms with E-state index >= 15 is 0 Å². The van der Waals surface area contributed by atoms with Gasteiger partial charge in [-0.25, -0.2) is 0 Å². The van der Waals surface area contributed by atoms with Crippen molar-refractivity contribution in [2.24, 2.45) is 7.05 Å². The van der Waals surface area contributed by atoms with E-state index in [0.29, 0.717) is 10.6 Å². The van der Waals surface area contributed by atoms with Crippen LogP contribution in [0.3, 0.4) is 0 Å². The Morgan fingerprint density at radius 2 is 2.20 bits per heavy atom. The number of carbonyl (C=O) groups is 1. The molecule has 2 heterocycles. The van der Waals surface area contributed by atoms with Crippen LogP contribution in [0.5, 0.6) is 0 Å². The van der Waals surface area contributed by atoms with Crippen LogP contribution in [0.15, 0.2) is 42.7 Å². The summed E-state index contributed by atoms with van der Waals surface area (Å²) in [5, 5.41) is 5.70. The van der Waals surface area contributed by atoms with Crippen LogP contribution in [-0.4, -0.2) is 15.6 Å². The van der Waals surface area contributed by atoms with Crippen molar-refractivity contribution in [1.82, 2.24) is 9.78 Å². The van der Waals surface area contributed by atoms with Crippen molar-refractivity contribution >= 4 is 44.9 Å². The van der Waals surface area contributed by atoms with Crippen LogP contribution in [0.25, 0.3) is 16.2 Å². The summed E-state index contributed by atoms with van der Waals surface area (Å²) in [5.41, 5.74) is 0.570. The number of ketones is 1. The number of benzene rings is 1. The molecule has 0 saturated heterocycles. The van der Waals surface area contributed by atoms with Crippen LogP contribution in [0.2, 0.25) is 5.02 Å². The minimum Gasteiger partial charge on any atom is -0.289 e. The number of nitrogens with zero attached hydrogens (tertiary/aromatic N) is 2. The predicted octanol–water partition coefficient (Wildman–Crippen LogP) is 4.18. The van der Waals surface area contributed by atoms with Crippen molar-refractivity contribution in [3.8, 4) is 0 Å². The molecular formula is C15H11ClN2OS. The topological polar surface area (TPSA) is 34.9 Å². The Labute approximate surface area is 125 Å². The molecule has 3 aromatic rings. The zero-order valence-electron chi connectivity index (χ0n) is 10.7. The normalized spacial score (nSPS) is 11.5. The molecule has 3 rings (SSSR count). The van der Waals surface area contributed by atoms with E-state index in [4.69, 9.17) is 11.6 Å². The average molecular weight is 303 g/mol. The molecule has 2 aromatic heterocycles. The summed E-state index contributed by atoms with van der Waals surface area (Å²) in [6, 6.07) is 7.93. The molecule has 0 radical (unpaired) electrons. The van der Waals surface area contributed by atoms with Crippen molar-refractivity contribution < 1.29 is 4.79 Å². The van der Waals surface area contributed by atoms with E-state index in [1.54, 1.807) is 41.5 Å². The molecule has 0 saturated carbocycles. The van der Waals surface area contributed by atoms with Crippen molar-refractivity contribution in [2.75, 3.05) is 0 Å². The summed E-state index contributed by atoms with van der Waals surface area (Å²) >= 11 is 7.90.